The third-order valence-electron chi connectivity index (χ3n) is 4.67. The number of carbonyl (C=O) groups is 2. The maximum Gasteiger partial charge on any atom is 0.307 e. The summed E-state index contributed by atoms with van der Waals surface area (Å²) in [5.74, 6) is -0.375. The molecule has 0 aromatic carbocycles. The zero-order valence-electron chi connectivity index (χ0n) is 17.2. The van der Waals surface area contributed by atoms with E-state index in [4.69, 9.17) is 31.5 Å². The minimum absolute atomic E-state index is 0.0964. The van der Waals surface area contributed by atoms with Crippen LogP contribution < -0.4 is 15.8 Å². The van der Waals surface area contributed by atoms with Gasteiger partial charge in [0.25, 0.3) is 5.91 Å². The maximum absolute atomic E-state index is 12.8. The van der Waals surface area contributed by atoms with Crippen LogP contribution in [0.4, 0.5) is 5.82 Å². The van der Waals surface area contributed by atoms with Gasteiger partial charge in [-0.05, 0) is 26.3 Å². The third kappa shape index (κ3) is 6.45. The monoisotopic (exact) mass is 428 g/mol. The number of nitrogen functional groups attached to an aromatic ring is 1. The molecule has 29 heavy (non-hydrogen) atoms. The lowest BCUT2D eigenvalue weighted by Gasteiger charge is -2.38. The van der Waals surface area contributed by atoms with Crippen molar-refractivity contribution in [2.75, 3.05) is 39.6 Å². The number of amides is 1. The first-order valence-electron chi connectivity index (χ1n) is 9.50. The summed E-state index contributed by atoms with van der Waals surface area (Å²) in [4.78, 5) is 30.6. The summed E-state index contributed by atoms with van der Waals surface area (Å²) in [7, 11) is 3.01. The number of pyridine rings is 1. The minimum atomic E-state index is -0.364. The number of nitrogens with two attached hydrogens (primary N) is 1. The second kappa shape index (κ2) is 10.6. The van der Waals surface area contributed by atoms with Crippen LogP contribution in [-0.2, 0) is 14.3 Å². The Balaban J connectivity index is 1.96. The van der Waals surface area contributed by atoms with E-state index in [0.717, 1.165) is 6.54 Å². The highest BCUT2D eigenvalue weighted by Crippen LogP contribution is 2.25. The molecule has 162 valence electrons. The van der Waals surface area contributed by atoms with Gasteiger partial charge in [0.1, 0.15) is 11.4 Å². The fraction of sp³-hybridized carbons (Fsp3) is 0.632. The lowest BCUT2D eigenvalue weighted by atomic mass is 10.0. The number of nitrogens with one attached hydrogen (secondary N) is 1. The van der Waals surface area contributed by atoms with Crippen molar-refractivity contribution in [1.82, 2.24) is 15.2 Å². The number of piperidine rings is 1. The molecule has 1 aliphatic rings. The molecule has 2 rings (SSSR count). The molecule has 2 heterocycles. The van der Waals surface area contributed by atoms with Gasteiger partial charge in [-0.25, -0.2) is 0 Å². The zero-order chi connectivity index (χ0) is 21.6. The van der Waals surface area contributed by atoms with E-state index in [-0.39, 0.29) is 52.4 Å². The summed E-state index contributed by atoms with van der Waals surface area (Å²) in [6, 6.07) is 1.24. The summed E-state index contributed by atoms with van der Waals surface area (Å²) in [6.45, 7) is 5.54. The number of rotatable bonds is 8. The molecule has 0 saturated carbocycles. The molecule has 0 aliphatic carbocycles. The highest BCUT2D eigenvalue weighted by Gasteiger charge is 2.31. The van der Waals surface area contributed by atoms with Crippen molar-refractivity contribution in [3.63, 3.8) is 0 Å². The van der Waals surface area contributed by atoms with E-state index in [1.807, 2.05) is 13.8 Å². The Hall–Kier alpha value is -2.10. The number of anilines is 1. The molecule has 0 bridgehead atoms. The molecule has 3 N–H and O–H groups in total. The Kier molecular flexibility index (Phi) is 8.48. The Morgan fingerprint density at radius 1 is 1.41 bits per heavy atom. The molecule has 2 atom stereocenters. The fourth-order valence-electron chi connectivity index (χ4n) is 3.21. The third-order valence-corrected chi connectivity index (χ3v) is 4.97. The number of hydrogen-bond donors (Lipinski definition) is 2. The van der Waals surface area contributed by atoms with Gasteiger partial charge in [0.15, 0.2) is 0 Å². The van der Waals surface area contributed by atoms with Crippen LogP contribution in [0.1, 0.15) is 37.0 Å². The van der Waals surface area contributed by atoms with Crippen molar-refractivity contribution in [2.45, 2.75) is 44.9 Å². The van der Waals surface area contributed by atoms with Gasteiger partial charge in [-0.1, -0.05) is 11.6 Å². The molecule has 0 radical (unpaired) electrons. The number of carbonyl (C=O) groups excluding carboxylic acids is 2. The van der Waals surface area contributed by atoms with Gasteiger partial charge in [-0.3, -0.25) is 9.59 Å². The van der Waals surface area contributed by atoms with Gasteiger partial charge in [0, 0.05) is 26.7 Å². The van der Waals surface area contributed by atoms with Gasteiger partial charge in [0.05, 0.1) is 36.8 Å². The zero-order valence-corrected chi connectivity index (χ0v) is 18.0. The van der Waals surface area contributed by atoms with Crippen LogP contribution in [0.15, 0.2) is 6.07 Å². The van der Waals surface area contributed by atoms with Gasteiger partial charge in [-0.15, -0.1) is 0 Å². The molecule has 10 heteroatoms. The molecule has 2 unspecified atom stereocenters. The Bertz CT molecular complexity index is 731. The van der Waals surface area contributed by atoms with Crippen molar-refractivity contribution in [3.05, 3.63) is 16.7 Å². The van der Waals surface area contributed by atoms with Crippen molar-refractivity contribution in [3.8, 4) is 5.88 Å². The number of hydrogen-bond acceptors (Lipinski definition) is 8. The van der Waals surface area contributed by atoms with Crippen LogP contribution in [0.2, 0.25) is 5.02 Å². The van der Waals surface area contributed by atoms with Crippen LogP contribution in [0.5, 0.6) is 5.88 Å². The largest absolute Gasteiger partial charge is 0.480 e. The molecular formula is C19H29ClN4O5. The first kappa shape index (κ1) is 23.2. The Morgan fingerprint density at radius 3 is 2.76 bits per heavy atom. The Morgan fingerprint density at radius 2 is 2.14 bits per heavy atom. The first-order valence-corrected chi connectivity index (χ1v) is 9.88. The first-order chi connectivity index (χ1) is 13.7. The van der Waals surface area contributed by atoms with E-state index in [1.54, 1.807) is 7.11 Å². The van der Waals surface area contributed by atoms with Gasteiger partial charge in [-0.2, -0.15) is 4.98 Å². The summed E-state index contributed by atoms with van der Waals surface area (Å²) in [5.41, 5.74) is 5.88. The summed E-state index contributed by atoms with van der Waals surface area (Å²) in [6.07, 6.45) is 0.640. The molecule has 9 nitrogen and oxygen atoms in total. The second-order valence-electron chi connectivity index (χ2n) is 7.14. The molecule has 1 saturated heterocycles. The van der Waals surface area contributed by atoms with Crippen molar-refractivity contribution in [1.29, 1.82) is 0 Å². The molecule has 1 aromatic rings. The van der Waals surface area contributed by atoms with Crippen molar-refractivity contribution >= 4 is 29.3 Å². The predicted molar refractivity (Wildman–Crippen MR) is 109 cm³/mol. The lowest BCUT2D eigenvalue weighted by molar-refractivity contribution is -0.148. The predicted octanol–water partition coefficient (Wildman–Crippen LogP) is 1.49. The van der Waals surface area contributed by atoms with Crippen LogP contribution >= 0.6 is 11.6 Å². The number of aromatic nitrogens is 1. The Labute approximate surface area is 175 Å². The minimum Gasteiger partial charge on any atom is -0.480 e. The van der Waals surface area contributed by atoms with E-state index in [2.05, 4.69) is 15.2 Å². The fourth-order valence-corrected chi connectivity index (χ4v) is 3.36. The van der Waals surface area contributed by atoms with Crippen molar-refractivity contribution < 1.29 is 23.8 Å². The molecule has 0 spiro atoms. The number of halogens is 1. The highest BCUT2D eigenvalue weighted by atomic mass is 35.5. The molecule has 1 fully saturated rings. The second-order valence-corrected chi connectivity index (χ2v) is 7.55. The average molecular weight is 429 g/mol. The van der Waals surface area contributed by atoms with Crippen LogP contribution in [0.25, 0.3) is 0 Å². The van der Waals surface area contributed by atoms with E-state index in [0.29, 0.717) is 25.9 Å². The molecular weight excluding hydrogens is 400 g/mol. The maximum atomic E-state index is 12.8. The molecule has 1 amide bonds. The van der Waals surface area contributed by atoms with Gasteiger partial charge in [0.2, 0.25) is 5.88 Å². The molecule has 1 aliphatic heterocycles. The number of methoxy groups -OCH3 is 2. The summed E-state index contributed by atoms with van der Waals surface area (Å²) >= 11 is 6.00. The van der Waals surface area contributed by atoms with E-state index in [9.17, 15) is 9.59 Å². The quantitative estimate of drug-likeness (QED) is 0.598. The summed E-state index contributed by atoms with van der Waals surface area (Å²) in [5, 5.41) is 3.15. The summed E-state index contributed by atoms with van der Waals surface area (Å²) < 4.78 is 15.9. The standard InChI is InChI=1S/C19H29ClN4O5/c1-11(2)29-16(25)6-8-24-7-5-14(15(10-24)27-3)22-18(26)12-9-13(20)17(21)23-19(12)28-4/h9,11,14-15H,5-8,10H2,1-4H3,(H2,21,23)(H,22,26). The van der Waals surface area contributed by atoms with Crippen LogP contribution in [0.3, 0.4) is 0 Å². The molecule has 1 aromatic heterocycles. The highest BCUT2D eigenvalue weighted by molar-refractivity contribution is 6.33. The van der Waals surface area contributed by atoms with Gasteiger partial charge < -0.3 is 30.2 Å². The number of likely N-dealkylation sites (tertiary alicyclic amines) is 1. The van der Waals surface area contributed by atoms with Crippen molar-refractivity contribution in [2.24, 2.45) is 0 Å². The van der Waals surface area contributed by atoms with E-state index < -0.39 is 0 Å². The number of esters is 1. The van der Waals surface area contributed by atoms with E-state index in [1.165, 1.54) is 13.2 Å². The number of nitrogens with zero attached hydrogens (tertiary/aromatic N) is 2. The smallest absolute Gasteiger partial charge is 0.307 e. The lowest BCUT2D eigenvalue weighted by Crippen LogP contribution is -2.55. The SMILES string of the molecule is COc1nc(N)c(Cl)cc1C(=O)NC1CCN(CCC(=O)OC(C)C)CC1OC. The topological polar surface area (TPSA) is 116 Å². The van der Waals surface area contributed by atoms with Gasteiger partial charge >= 0.3 is 5.97 Å². The van der Waals surface area contributed by atoms with Crippen LogP contribution in [-0.4, -0.2) is 73.9 Å². The average Bonchev–Trinajstić information content (AvgIpc) is 2.68. The normalized spacial score (nSPS) is 19.8. The van der Waals surface area contributed by atoms with E-state index >= 15 is 0 Å². The number of ether oxygens (including phenoxy) is 3. The van der Waals surface area contributed by atoms with Crippen LogP contribution in [0, 0.1) is 0 Å².